The molecular weight excluding hydrogens is 538 g/mol. The minimum Gasteiger partial charge on any atom is -0.381 e. The maximum Gasteiger partial charge on any atom is 0.0487 e. The first-order valence-corrected chi connectivity index (χ1v) is 20.6. The molecule has 1 N–H and O–H groups in total. The molecule has 3 nitrogen and oxygen atoms in total. The van der Waals surface area contributed by atoms with Gasteiger partial charge in [0, 0.05) is 26.4 Å². The topological polar surface area (TPSA) is 30.5 Å². The summed E-state index contributed by atoms with van der Waals surface area (Å²) < 4.78 is 11.6. The number of ether oxygens (including phenoxy) is 2. The normalized spacial score (nSPS) is 11.2. The molecule has 0 aromatic rings. The Labute approximate surface area is 280 Å². The van der Waals surface area contributed by atoms with Crippen LogP contribution in [0.4, 0.5) is 0 Å². The summed E-state index contributed by atoms with van der Waals surface area (Å²) in [6.07, 6.45) is 46.6. The Hall–Kier alpha value is -0.120. The van der Waals surface area contributed by atoms with Crippen molar-refractivity contribution < 1.29 is 9.47 Å². The van der Waals surface area contributed by atoms with E-state index in [0.29, 0.717) is 0 Å². The molecule has 3 heteroatoms. The Morgan fingerprint density at radius 3 is 0.614 bits per heavy atom. The lowest BCUT2D eigenvalue weighted by Crippen LogP contribution is -2.03. The fourth-order valence-corrected chi connectivity index (χ4v) is 5.97. The first-order valence-electron chi connectivity index (χ1n) is 20.6. The second-order valence-corrected chi connectivity index (χ2v) is 13.7. The highest BCUT2D eigenvalue weighted by atomic mass is 16.5. The molecule has 0 radical (unpaired) electrons. The van der Waals surface area contributed by atoms with Crippen LogP contribution >= 0.6 is 0 Å². The monoisotopic (exact) mass is 626 g/mol. The molecular formula is C41H87NO2. The highest BCUT2D eigenvalue weighted by Crippen LogP contribution is 2.15. The Kier molecular flexibility index (Phi) is 49.4. The first-order chi connectivity index (χ1) is 21.8. The van der Waals surface area contributed by atoms with Gasteiger partial charge in [0.2, 0.25) is 0 Å². The summed E-state index contributed by atoms with van der Waals surface area (Å²) in [6, 6.07) is 0. The number of nitrogens with one attached hydrogen (secondary N) is 1. The van der Waals surface area contributed by atoms with Gasteiger partial charge < -0.3 is 14.8 Å². The van der Waals surface area contributed by atoms with E-state index in [1.807, 2.05) is 14.1 Å². The van der Waals surface area contributed by atoms with Crippen LogP contribution in [0.2, 0.25) is 0 Å². The molecule has 0 saturated carbocycles. The van der Waals surface area contributed by atoms with E-state index >= 15 is 0 Å². The predicted octanol–water partition coefficient (Wildman–Crippen LogP) is 13.8. The smallest absolute Gasteiger partial charge is 0.0487 e. The number of rotatable bonds is 38. The van der Waals surface area contributed by atoms with Crippen molar-refractivity contribution in [3.63, 3.8) is 0 Å². The van der Waals surface area contributed by atoms with Gasteiger partial charge in [0.05, 0.1) is 0 Å². The zero-order chi connectivity index (χ0) is 32.3. The Bertz CT molecular complexity index is 406. The van der Waals surface area contributed by atoms with E-state index in [2.05, 4.69) is 19.2 Å². The van der Waals surface area contributed by atoms with E-state index in [1.54, 1.807) is 0 Å². The molecule has 44 heavy (non-hydrogen) atoms. The van der Waals surface area contributed by atoms with Crippen LogP contribution in [0.1, 0.15) is 226 Å². The number of hydrogen-bond donors (Lipinski definition) is 1. The Balaban J connectivity index is 0. The minimum absolute atomic E-state index is 0.873. The van der Waals surface area contributed by atoms with Crippen LogP contribution in [0, 0.1) is 0 Å². The molecule has 0 atom stereocenters. The van der Waals surface area contributed by atoms with Gasteiger partial charge in [0.1, 0.15) is 0 Å². The predicted molar refractivity (Wildman–Crippen MR) is 200 cm³/mol. The molecule has 268 valence electrons. The van der Waals surface area contributed by atoms with Crippen LogP contribution in [0.3, 0.4) is 0 Å². The number of unbranched alkanes of at least 4 members (excludes halogenated alkanes) is 30. The molecule has 0 aliphatic rings. The Morgan fingerprint density at radius 1 is 0.250 bits per heavy atom. The summed E-state index contributed by atoms with van der Waals surface area (Å²) in [6.45, 7) is 8.23. The average Bonchev–Trinajstić information content (AvgIpc) is 3.03. The fraction of sp³-hybridized carbons (Fsp3) is 1.00. The largest absolute Gasteiger partial charge is 0.381 e. The lowest BCUT2D eigenvalue weighted by atomic mass is 10.0. The van der Waals surface area contributed by atoms with Crippen molar-refractivity contribution in [2.75, 3.05) is 40.5 Å². The second kappa shape index (κ2) is 47.3. The summed E-state index contributed by atoms with van der Waals surface area (Å²) in [5, 5.41) is 2.75. The summed E-state index contributed by atoms with van der Waals surface area (Å²) in [5.41, 5.74) is 0. The van der Waals surface area contributed by atoms with E-state index in [-0.39, 0.29) is 0 Å². The van der Waals surface area contributed by atoms with Crippen LogP contribution in [0.25, 0.3) is 0 Å². The molecule has 0 aromatic heterocycles. The molecule has 0 spiro atoms. The van der Waals surface area contributed by atoms with Gasteiger partial charge in [-0.3, -0.25) is 0 Å². The lowest BCUT2D eigenvalue weighted by Gasteiger charge is -2.06. The van der Waals surface area contributed by atoms with Crippen molar-refractivity contribution in [2.45, 2.75) is 226 Å². The fourth-order valence-electron chi connectivity index (χ4n) is 5.97. The molecule has 0 amide bonds. The molecule has 0 unspecified atom stereocenters. The molecule has 0 aliphatic carbocycles. The molecule has 0 bridgehead atoms. The van der Waals surface area contributed by atoms with Crippen molar-refractivity contribution in [1.29, 1.82) is 0 Å². The van der Waals surface area contributed by atoms with Crippen LogP contribution in [-0.4, -0.2) is 40.5 Å². The standard InChI is InChI=1S/C39H80O2.C2H7N/c1-3-5-7-9-11-13-15-17-19-21-23-25-27-29-31-33-36-40-38-35-39-41-37-34-32-30-28-26-24-22-20-18-16-14-12-10-8-6-4-2;1-3-2/h3-39H2,1-2H3;3H,1-2H3. The van der Waals surface area contributed by atoms with E-state index in [0.717, 1.165) is 32.8 Å². The molecule has 0 rings (SSSR count). The zero-order valence-electron chi connectivity index (χ0n) is 31.5. The van der Waals surface area contributed by atoms with Crippen LogP contribution in [0.5, 0.6) is 0 Å². The molecule has 0 saturated heterocycles. The van der Waals surface area contributed by atoms with Crippen molar-refractivity contribution in [3.8, 4) is 0 Å². The quantitative estimate of drug-likeness (QED) is 0.0692. The van der Waals surface area contributed by atoms with E-state index < -0.39 is 0 Å². The van der Waals surface area contributed by atoms with E-state index in [9.17, 15) is 0 Å². The van der Waals surface area contributed by atoms with Crippen molar-refractivity contribution in [3.05, 3.63) is 0 Å². The van der Waals surface area contributed by atoms with Crippen LogP contribution < -0.4 is 5.32 Å². The van der Waals surface area contributed by atoms with Gasteiger partial charge in [-0.25, -0.2) is 0 Å². The Morgan fingerprint density at radius 2 is 0.409 bits per heavy atom. The van der Waals surface area contributed by atoms with Gasteiger partial charge in [-0.2, -0.15) is 0 Å². The van der Waals surface area contributed by atoms with E-state index in [4.69, 9.17) is 9.47 Å². The summed E-state index contributed by atoms with van der Waals surface area (Å²) >= 11 is 0. The van der Waals surface area contributed by atoms with Gasteiger partial charge >= 0.3 is 0 Å². The SMILES string of the molecule is CCCCCCCCCCCCCCCCCCOCCCOCCCCCCCCCCCCCCCCCC.CNC. The van der Waals surface area contributed by atoms with Crippen molar-refractivity contribution in [1.82, 2.24) is 5.32 Å². The molecule has 0 fully saturated rings. The van der Waals surface area contributed by atoms with Crippen molar-refractivity contribution in [2.24, 2.45) is 0 Å². The van der Waals surface area contributed by atoms with Gasteiger partial charge in [-0.05, 0) is 33.4 Å². The summed E-state index contributed by atoms with van der Waals surface area (Å²) in [4.78, 5) is 0. The highest BCUT2D eigenvalue weighted by molar-refractivity contribution is 4.52. The van der Waals surface area contributed by atoms with Gasteiger partial charge in [-0.1, -0.05) is 206 Å². The number of hydrogen-bond acceptors (Lipinski definition) is 3. The van der Waals surface area contributed by atoms with E-state index in [1.165, 1.54) is 205 Å². The third kappa shape index (κ3) is 48.8. The van der Waals surface area contributed by atoms with Crippen LogP contribution in [0.15, 0.2) is 0 Å². The third-order valence-electron chi connectivity index (χ3n) is 8.86. The summed E-state index contributed by atoms with van der Waals surface area (Å²) in [5.74, 6) is 0. The molecule has 0 aromatic carbocycles. The third-order valence-corrected chi connectivity index (χ3v) is 8.86. The first kappa shape index (κ1) is 46.0. The highest BCUT2D eigenvalue weighted by Gasteiger charge is 1.97. The maximum atomic E-state index is 5.81. The second-order valence-electron chi connectivity index (χ2n) is 13.7. The molecule has 0 aliphatic heterocycles. The van der Waals surface area contributed by atoms with Crippen LogP contribution in [-0.2, 0) is 9.47 Å². The minimum atomic E-state index is 0.873. The van der Waals surface area contributed by atoms with Gasteiger partial charge in [0.15, 0.2) is 0 Å². The van der Waals surface area contributed by atoms with Gasteiger partial charge in [-0.15, -0.1) is 0 Å². The zero-order valence-corrected chi connectivity index (χ0v) is 31.5. The molecule has 0 heterocycles. The average molecular weight is 626 g/mol. The summed E-state index contributed by atoms with van der Waals surface area (Å²) in [7, 11) is 3.75. The van der Waals surface area contributed by atoms with Gasteiger partial charge in [0.25, 0.3) is 0 Å². The maximum absolute atomic E-state index is 5.81. The van der Waals surface area contributed by atoms with Crippen molar-refractivity contribution >= 4 is 0 Å². The lowest BCUT2D eigenvalue weighted by molar-refractivity contribution is 0.0794.